The van der Waals surface area contributed by atoms with Crippen molar-refractivity contribution in [2.75, 3.05) is 6.54 Å². The van der Waals surface area contributed by atoms with Gasteiger partial charge in [-0.25, -0.2) is 4.98 Å². The molecular formula is C13H17N3O. The predicted octanol–water partition coefficient (Wildman–Crippen LogP) is 1.95. The summed E-state index contributed by atoms with van der Waals surface area (Å²) < 4.78 is 0. The quantitative estimate of drug-likeness (QED) is 0.756. The van der Waals surface area contributed by atoms with Gasteiger partial charge in [0.25, 0.3) is 0 Å². The van der Waals surface area contributed by atoms with E-state index in [1.165, 1.54) is 12.8 Å². The van der Waals surface area contributed by atoms with Crippen LogP contribution in [0.3, 0.4) is 0 Å². The second-order valence-electron chi connectivity index (χ2n) is 4.72. The van der Waals surface area contributed by atoms with Crippen LogP contribution in [0.4, 0.5) is 0 Å². The average Bonchev–Trinajstić information content (AvgIpc) is 2.94. The van der Waals surface area contributed by atoms with E-state index >= 15 is 0 Å². The van der Waals surface area contributed by atoms with Gasteiger partial charge in [0.15, 0.2) is 0 Å². The number of aromatic hydroxyl groups is 1. The molecule has 1 saturated heterocycles. The molecule has 1 aromatic heterocycles. The van der Waals surface area contributed by atoms with Crippen molar-refractivity contribution in [3.05, 3.63) is 24.0 Å². The SMILES string of the molecule is Oc1ccc2nc(CCC3CCCN3)[nH]c2c1. The Bertz CT molecular complexity index is 514. The van der Waals surface area contributed by atoms with Gasteiger partial charge in [0.2, 0.25) is 0 Å². The first-order valence-electron chi connectivity index (χ1n) is 6.22. The van der Waals surface area contributed by atoms with Crippen LogP contribution in [-0.2, 0) is 6.42 Å². The topological polar surface area (TPSA) is 60.9 Å². The van der Waals surface area contributed by atoms with E-state index in [1.807, 2.05) is 6.07 Å². The van der Waals surface area contributed by atoms with Crippen molar-refractivity contribution in [3.63, 3.8) is 0 Å². The summed E-state index contributed by atoms with van der Waals surface area (Å²) in [6.45, 7) is 1.15. The van der Waals surface area contributed by atoms with Gasteiger partial charge in [-0.3, -0.25) is 0 Å². The minimum atomic E-state index is 0.283. The first-order valence-corrected chi connectivity index (χ1v) is 6.22. The number of H-pyrrole nitrogens is 1. The number of hydrogen-bond acceptors (Lipinski definition) is 3. The summed E-state index contributed by atoms with van der Waals surface area (Å²) in [5, 5.41) is 12.9. The molecular weight excluding hydrogens is 214 g/mol. The van der Waals surface area contributed by atoms with Crippen LogP contribution in [0.1, 0.15) is 25.1 Å². The van der Waals surface area contributed by atoms with Gasteiger partial charge in [-0.15, -0.1) is 0 Å². The van der Waals surface area contributed by atoms with E-state index in [-0.39, 0.29) is 5.75 Å². The van der Waals surface area contributed by atoms with Crippen LogP contribution in [0.25, 0.3) is 11.0 Å². The Morgan fingerprint density at radius 2 is 2.35 bits per heavy atom. The van der Waals surface area contributed by atoms with Gasteiger partial charge in [0.1, 0.15) is 11.6 Å². The van der Waals surface area contributed by atoms with Crippen LogP contribution in [0.5, 0.6) is 5.75 Å². The number of fused-ring (bicyclic) bond motifs is 1. The highest BCUT2D eigenvalue weighted by molar-refractivity contribution is 5.76. The first-order chi connectivity index (χ1) is 8.31. The molecule has 1 fully saturated rings. The summed E-state index contributed by atoms with van der Waals surface area (Å²) >= 11 is 0. The third-order valence-corrected chi connectivity index (χ3v) is 3.41. The van der Waals surface area contributed by atoms with E-state index in [0.29, 0.717) is 6.04 Å². The summed E-state index contributed by atoms with van der Waals surface area (Å²) in [5.74, 6) is 1.30. The van der Waals surface area contributed by atoms with Gasteiger partial charge in [-0.2, -0.15) is 0 Å². The molecule has 3 N–H and O–H groups in total. The number of aromatic nitrogens is 2. The largest absolute Gasteiger partial charge is 0.508 e. The van der Waals surface area contributed by atoms with Gasteiger partial charge in [-0.1, -0.05) is 0 Å². The number of phenolic OH excluding ortho intramolecular Hbond substituents is 1. The second-order valence-corrected chi connectivity index (χ2v) is 4.72. The van der Waals surface area contributed by atoms with Crippen LogP contribution in [0, 0.1) is 0 Å². The predicted molar refractivity (Wildman–Crippen MR) is 67.1 cm³/mol. The molecule has 1 atom stereocenters. The lowest BCUT2D eigenvalue weighted by Crippen LogP contribution is -2.21. The number of nitrogens with one attached hydrogen (secondary N) is 2. The fourth-order valence-corrected chi connectivity index (χ4v) is 2.48. The van der Waals surface area contributed by atoms with Crippen LogP contribution in [-0.4, -0.2) is 27.7 Å². The standard InChI is InChI=1S/C13H17N3O/c17-10-4-5-11-12(8-10)16-13(15-11)6-3-9-2-1-7-14-9/h4-5,8-9,14,17H,1-3,6-7H2,(H,15,16). The van der Waals surface area contributed by atoms with E-state index in [4.69, 9.17) is 0 Å². The highest BCUT2D eigenvalue weighted by Crippen LogP contribution is 2.19. The smallest absolute Gasteiger partial charge is 0.117 e. The lowest BCUT2D eigenvalue weighted by atomic mass is 10.1. The van der Waals surface area contributed by atoms with Crippen molar-refractivity contribution in [2.24, 2.45) is 0 Å². The maximum atomic E-state index is 9.38. The maximum Gasteiger partial charge on any atom is 0.117 e. The average molecular weight is 231 g/mol. The Kier molecular flexibility index (Phi) is 2.73. The molecule has 2 heterocycles. The van der Waals surface area contributed by atoms with Crippen molar-refractivity contribution in [3.8, 4) is 5.75 Å². The molecule has 0 amide bonds. The Morgan fingerprint density at radius 1 is 1.41 bits per heavy atom. The lowest BCUT2D eigenvalue weighted by Gasteiger charge is -2.07. The molecule has 0 saturated carbocycles. The minimum absolute atomic E-state index is 0.283. The summed E-state index contributed by atoms with van der Waals surface area (Å²) in [5.41, 5.74) is 1.84. The summed E-state index contributed by atoms with van der Waals surface area (Å²) in [7, 11) is 0. The molecule has 0 bridgehead atoms. The van der Waals surface area contributed by atoms with Gasteiger partial charge in [0.05, 0.1) is 11.0 Å². The Morgan fingerprint density at radius 3 is 3.18 bits per heavy atom. The molecule has 4 nitrogen and oxygen atoms in total. The molecule has 2 aromatic rings. The Hall–Kier alpha value is -1.55. The van der Waals surface area contributed by atoms with E-state index in [9.17, 15) is 5.11 Å². The zero-order chi connectivity index (χ0) is 11.7. The molecule has 90 valence electrons. The Labute approximate surface area is 100 Å². The third-order valence-electron chi connectivity index (χ3n) is 3.41. The van der Waals surface area contributed by atoms with Crippen molar-refractivity contribution in [1.82, 2.24) is 15.3 Å². The third kappa shape index (κ3) is 2.26. The number of rotatable bonds is 3. The zero-order valence-electron chi connectivity index (χ0n) is 9.74. The Balaban J connectivity index is 1.72. The number of phenols is 1. The van der Waals surface area contributed by atoms with Crippen LogP contribution < -0.4 is 5.32 Å². The number of aromatic amines is 1. The van der Waals surface area contributed by atoms with Gasteiger partial charge in [-0.05, 0) is 37.9 Å². The van der Waals surface area contributed by atoms with E-state index < -0.39 is 0 Å². The summed E-state index contributed by atoms with van der Waals surface area (Å²) in [4.78, 5) is 7.78. The fourth-order valence-electron chi connectivity index (χ4n) is 2.48. The molecule has 1 aliphatic rings. The van der Waals surface area contributed by atoms with Crippen molar-refractivity contribution in [2.45, 2.75) is 31.7 Å². The molecule has 1 aliphatic heterocycles. The first kappa shape index (κ1) is 10.6. The maximum absolute atomic E-state index is 9.38. The van der Waals surface area contributed by atoms with Crippen LogP contribution >= 0.6 is 0 Å². The van der Waals surface area contributed by atoms with Gasteiger partial charge < -0.3 is 15.4 Å². The lowest BCUT2D eigenvalue weighted by molar-refractivity contribution is 0.476. The summed E-state index contributed by atoms with van der Waals surface area (Å²) in [6.07, 6.45) is 4.67. The highest BCUT2D eigenvalue weighted by atomic mass is 16.3. The number of nitrogens with zero attached hydrogens (tertiary/aromatic N) is 1. The van der Waals surface area contributed by atoms with Gasteiger partial charge >= 0.3 is 0 Å². The zero-order valence-corrected chi connectivity index (χ0v) is 9.74. The van der Waals surface area contributed by atoms with Crippen molar-refractivity contribution < 1.29 is 5.11 Å². The molecule has 1 aromatic carbocycles. The molecule has 3 rings (SSSR count). The minimum Gasteiger partial charge on any atom is -0.508 e. The molecule has 0 aliphatic carbocycles. The molecule has 0 radical (unpaired) electrons. The van der Waals surface area contributed by atoms with E-state index in [0.717, 1.165) is 36.2 Å². The number of imidazole rings is 1. The van der Waals surface area contributed by atoms with Gasteiger partial charge in [0, 0.05) is 18.5 Å². The normalized spacial score (nSPS) is 20.1. The van der Waals surface area contributed by atoms with Crippen LogP contribution in [0.15, 0.2) is 18.2 Å². The number of aryl methyl sites for hydroxylation is 1. The van der Waals surface area contributed by atoms with Crippen molar-refractivity contribution in [1.29, 1.82) is 0 Å². The monoisotopic (exact) mass is 231 g/mol. The van der Waals surface area contributed by atoms with E-state index in [1.54, 1.807) is 12.1 Å². The molecule has 17 heavy (non-hydrogen) atoms. The number of benzene rings is 1. The molecule has 1 unspecified atom stereocenters. The highest BCUT2D eigenvalue weighted by Gasteiger charge is 2.14. The molecule has 4 heteroatoms. The fraction of sp³-hybridized carbons (Fsp3) is 0.462. The summed E-state index contributed by atoms with van der Waals surface area (Å²) in [6, 6.07) is 5.89. The second kappa shape index (κ2) is 4.37. The van der Waals surface area contributed by atoms with E-state index in [2.05, 4.69) is 15.3 Å². The van der Waals surface area contributed by atoms with Crippen molar-refractivity contribution >= 4 is 11.0 Å². The molecule has 0 spiro atoms. The van der Waals surface area contributed by atoms with Crippen LogP contribution in [0.2, 0.25) is 0 Å². The number of hydrogen-bond donors (Lipinski definition) is 3.